The van der Waals surface area contributed by atoms with Crippen molar-refractivity contribution >= 4 is 50.3 Å². The fraction of sp³-hybridized carbons (Fsp3) is 0.238. The summed E-state index contributed by atoms with van der Waals surface area (Å²) in [5, 5.41) is 14.3. The summed E-state index contributed by atoms with van der Waals surface area (Å²) in [6.45, 7) is 4.47. The normalized spacial score (nSPS) is 16.0. The van der Waals surface area contributed by atoms with E-state index < -0.39 is 16.3 Å². The standard InChI is InChI=1S/C21H23N7O4S/c1-10(2)7-9-28-19-11(4-3-8-23-19)16(29)14(20(28)30)18-24-13-6-5-12-15(26-21(22)25-12)17(13)33(31,32)27-18/h3-6,8,10,29,31-32H,7,9H2,1-2H3,(H,24,27)(H3,22,25,26). The second-order valence-electron chi connectivity index (χ2n) is 8.28. The molecule has 0 saturated carbocycles. The maximum Gasteiger partial charge on any atom is 0.267 e. The number of hydrogen-bond donors (Lipinski definition) is 6. The summed E-state index contributed by atoms with van der Waals surface area (Å²) in [4.78, 5) is 24.9. The Morgan fingerprint density at radius 1 is 1.24 bits per heavy atom. The van der Waals surface area contributed by atoms with Crippen LogP contribution >= 0.6 is 10.8 Å². The molecule has 0 unspecified atom stereocenters. The van der Waals surface area contributed by atoms with Gasteiger partial charge in [-0.15, -0.1) is 4.40 Å². The summed E-state index contributed by atoms with van der Waals surface area (Å²) in [6.07, 6.45) is 2.27. The smallest absolute Gasteiger partial charge is 0.267 e. The second-order valence-corrected chi connectivity index (χ2v) is 9.91. The molecule has 1 aromatic carbocycles. The number of benzene rings is 1. The number of anilines is 2. The van der Waals surface area contributed by atoms with Gasteiger partial charge < -0.3 is 21.1 Å². The third-order valence-electron chi connectivity index (χ3n) is 5.53. The van der Waals surface area contributed by atoms with Crippen LogP contribution < -0.4 is 16.6 Å². The van der Waals surface area contributed by atoms with Crippen molar-refractivity contribution in [3.8, 4) is 5.75 Å². The van der Waals surface area contributed by atoms with Gasteiger partial charge in [0.15, 0.2) is 11.8 Å². The monoisotopic (exact) mass is 469 g/mol. The molecule has 12 heteroatoms. The molecule has 7 N–H and O–H groups in total. The molecule has 0 radical (unpaired) electrons. The zero-order valence-electron chi connectivity index (χ0n) is 17.9. The van der Waals surface area contributed by atoms with Crippen LogP contribution in [0.15, 0.2) is 44.6 Å². The van der Waals surface area contributed by atoms with Crippen molar-refractivity contribution in [1.29, 1.82) is 0 Å². The number of pyridine rings is 2. The summed E-state index contributed by atoms with van der Waals surface area (Å²) in [5.74, 6) is -0.0208. The lowest BCUT2D eigenvalue weighted by atomic mass is 10.1. The van der Waals surface area contributed by atoms with Gasteiger partial charge in [-0.1, -0.05) is 24.6 Å². The minimum absolute atomic E-state index is 0.0683. The second kappa shape index (κ2) is 7.47. The molecule has 4 aromatic rings. The van der Waals surface area contributed by atoms with Gasteiger partial charge >= 0.3 is 0 Å². The molecule has 33 heavy (non-hydrogen) atoms. The highest BCUT2D eigenvalue weighted by Gasteiger charge is 2.33. The lowest BCUT2D eigenvalue weighted by Crippen LogP contribution is -2.32. The average molecular weight is 470 g/mol. The van der Waals surface area contributed by atoms with E-state index >= 15 is 0 Å². The van der Waals surface area contributed by atoms with Gasteiger partial charge in [0, 0.05) is 12.7 Å². The predicted molar refractivity (Wildman–Crippen MR) is 129 cm³/mol. The quantitative estimate of drug-likeness (QED) is 0.263. The molecule has 0 bridgehead atoms. The van der Waals surface area contributed by atoms with Gasteiger partial charge in [0.2, 0.25) is 0 Å². The molecule has 1 aliphatic rings. The zero-order chi connectivity index (χ0) is 23.5. The van der Waals surface area contributed by atoms with Crippen LogP contribution in [-0.2, 0) is 6.54 Å². The largest absolute Gasteiger partial charge is 0.506 e. The summed E-state index contributed by atoms with van der Waals surface area (Å²) in [6, 6.07) is 6.59. The number of nitrogens with two attached hydrogens (primary N) is 1. The van der Waals surface area contributed by atoms with Crippen molar-refractivity contribution in [3.63, 3.8) is 0 Å². The number of hydrogen-bond acceptors (Lipinski definition) is 9. The van der Waals surface area contributed by atoms with Gasteiger partial charge in [-0.05, 0) is 36.6 Å². The number of aromatic amines is 1. The number of aromatic hydroxyl groups is 1. The molecule has 0 spiro atoms. The topological polar surface area (TPSA) is 175 Å². The van der Waals surface area contributed by atoms with Crippen molar-refractivity contribution in [2.75, 3.05) is 11.1 Å². The number of aromatic nitrogens is 4. The van der Waals surface area contributed by atoms with Crippen molar-refractivity contribution < 1.29 is 14.2 Å². The Hall–Kier alpha value is -3.61. The Kier molecular flexibility index (Phi) is 4.81. The summed E-state index contributed by atoms with van der Waals surface area (Å²) < 4.78 is 27.4. The SMILES string of the molecule is CC(C)CCn1c(=O)c(C2=NS(O)(O)c3c(ccc4[nH]c(N)nc34)N2)c(O)c2cccnc21. The van der Waals surface area contributed by atoms with Gasteiger partial charge in [-0.2, -0.15) is 0 Å². The summed E-state index contributed by atoms with van der Waals surface area (Å²) >= 11 is 0. The molecule has 0 atom stereocenters. The molecule has 4 heterocycles. The zero-order valence-corrected chi connectivity index (χ0v) is 18.7. The van der Waals surface area contributed by atoms with E-state index in [9.17, 15) is 19.0 Å². The van der Waals surface area contributed by atoms with Gasteiger partial charge in [0.1, 0.15) is 27.4 Å². The summed E-state index contributed by atoms with van der Waals surface area (Å²) in [5.41, 5.74) is 6.47. The van der Waals surface area contributed by atoms with Crippen LogP contribution in [0.4, 0.5) is 11.6 Å². The first-order valence-corrected chi connectivity index (χ1v) is 11.8. The molecule has 1 aliphatic heterocycles. The number of aryl methyl sites for hydroxylation is 1. The Morgan fingerprint density at radius 3 is 2.79 bits per heavy atom. The molecule has 0 fully saturated rings. The number of nitrogens with zero attached hydrogens (tertiary/aromatic N) is 4. The lowest BCUT2D eigenvalue weighted by Gasteiger charge is -2.34. The number of fused-ring (bicyclic) bond motifs is 4. The van der Waals surface area contributed by atoms with Crippen molar-refractivity contribution in [2.24, 2.45) is 10.3 Å². The first-order chi connectivity index (χ1) is 15.7. The van der Waals surface area contributed by atoms with Crippen LogP contribution in [0.25, 0.3) is 22.1 Å². The van der Waals surface area contributed by atoms with E-state index in [1.165, 1.54) is 4.57 Å². The van der Waals surface area contributed by atoms with Crippen molar-refractivity contribution in [2.45, 2.75) is 31.7 Å². The molecule has 5 rings (SSSR count). The van der Waals surface area contributed by atoms with Crippen LogP contribution in [0.1, 0.15) is 25.8 Å². The highest BCUT2D eigenvalue weighted by Crippen LogP contribution is 2.58. The minimum Gasteiger partial charge on any atom is -0.506 e. The highest BCUT2D eigenvalue weighted by molar-refractivity contribution is 8.23. The van der Waals surface area contributed by atoms with E-state index in [2.05, 4.69) is 24.7 Å². The number of nitrogen functional groups attached to an aromatic ring is 1. The Labute approximate surface area is 189 Å². The molecular formula is C21H23N7O4S. The van der Waals surface area contributed by atoms with Crippen LogP contribution in [0, 0.1) is 5.92 Å². The first kappa shape index (κ1) is 21.2. The Morgan fingerprint density at radius 2 is 2.03 bits per heavy atom. The molecule has 0 aliphatic carbocycles. The van der Waals surface area contributed by atoms with Gasteiger partial charge in [-0.3, -0.25) is 18.5 Å². The van der Waals surface area contributed by atoms with Crippen molar-refractivity contribution in [1.82, 2.24) is 19.5 Å². The number of imidazole rings is 1. The van der Waals surface area contributed by atoms with E-state index in [-0.39, 0.29) is 33.5 Å². The minimum atomic E-state index is -3.77. The van der Waals surface area contributed by atoms with Crippen molar-refractivity contribution in [3.05, 3.63) is 46.4 Å². The van der Waals surface area contributed by atoms with Crippen LogP contribution in [-0.4, -0.2) is 39.6 Å². The van der Waals surface area contributed by atoms with E-state index in [0.29, 0.717) is 41.1 Å². The summed E-state index contributed by atoms with van der Waals surface area (Å²) in [7, 11) is -3.77. The van der Waals surface area contributed by atoms with Gasteiger partial charge in [0.25, 0.3) is 5.56 Å². The molecule has 3 aromatic heterocycles. The molecule has 0 amide bonds. The predicted octanol–water partition coefficient (Wildman–Crippen LogP) is 3.50. The van der Waals surface area contributed by atoms with E-state index in [0.717, 1.165) is 0 Å². The maximum atomic E-state index is 13.5. The number of amidine groups is 1. The van der Waals surface area contributed by atoms with Gasteiger partial charge in [-0.25, -0.2) is 9.97 Å². The third-order valence-corrected chi connectivity index (χ3v) is 6.93. The number of nitrogens with one attached hydrogen (secondary N) is 2. The Bertz CT molecular complexity index is 1510. The van der Waals surface area contributed by atoms with Crippen LogP contribution in [0.5, 0.6) is 5.75 Å². The van der Waals surface area contributed by atoms with E-state index in [1.54, 1.807) is 30.5 Å². The fourth-order valence-corrected chi connectivity index (χ4v) is 5.26. The highest BCUT2D eigenvalue weighted by atomic mass is 32.3. The Balaban J connectivity index is 1.73. The van der Waals surface area contributed by atoms with Gasteiger partial charge in [0.05, 0.1) is 16.6 Å². The first-order valence-electron chi connectivity index (χ1n) is 10.3. The number of rotatable bonds is 4. The molecule has 11 nitrogen and oxygen atoms in total. The van der Waals surface area contributed by atoms with E-state index in [4.69, 9.17) is 5.73 Å². The fourth-order valence-electron chi connectivity index (χ4n) is 3.95. The maximum absolute atomic E-state index is 13.5. The third kappa shape index (κ3) is 3.39. The van der Waals surface area contributed by atoms with Crippen LogP contribution in [0.2, 0.25) is 0 Å². The molecular weight excluding hydrogens is 446 g/mol. The molecule has 172 valence electrons. The average Bonchev–Trinajstić information content (AvgIpc) is 3.12. The lowest BCUT2D eigenvalue weighted by molar-refractivity contribution is 0.473. The number of H-pyrrole nitrogens is 1. The van der Waals surface area contributed by atoms with Crippen LogP contribution in [0.3, 0.4) is 0 Å². The van der Waals surface area contributed by atoms with E-state index in [1.807, 2.05) is 13.8 Å². The molecule has 0 saturated heterocycles.